The topological polar surface area (TPSA) is 88.5 Å². The summed E-state index contributed by atoms with van der Waals surface area (Å²) in [5, 5.41) is 15.3. The van der Waals surface area contributed by atoms with Crippen LogP contribution in [-0.4, -0.2) is 42.4 Å². The fourth-order valence-corrected chi connectivity index (χ4v) is 2.43. The molecule has 0 atom stereocenters. The molecule has 1 fully saturated rings. The summed E-state index contributed by atoms with van der Waals surface area (Å²) in [5.41, 5.74) is 1.87. The monoisotopic (exact) mass is 330 g/mol. The minimum atomic E-state index is 0.0372. The normalized spacial score (nSPS) is 13.5. The van der Waals surface area contributed by atoms with Gasteiger partial charge in [0.15, 0.2) is 11.5 Å². The van der Waals surface area contributed by atoms with Gasteiger partial charge in [0.05, 0.1) is 26.5 Å². The molecule has 7 heteroatoms. The Morgan fingerprint density at radius 3 is 2.58 bits per heavy atom. The number of hydrogen-bond donors (Lipinski definition) is 3. The van der Waals surface area contributed by atoms with Gasteiger partial charge in [-0.3, -0.25) is 0 Å². The highest BCUT2D eigenvalue weighted by Crippen LogP contribution is 2.40. The van der Waals surface area contributed by atoms with Gasteiger partial charge in [-0.2, -0.15) is 4.98 Å². The number of ether oxygens (including phenoxy) is 2. The van der Waals surface area contributed by atoms with Gasteiger partial charge in [-0.15, -0.1) is 0 Å². The number of benzene rings is 1. The first-order valence-corrected chi connectivity index (χ1v) is 7.96. The summed E-state index contributed by atoms with van der Waals surface area (Å²) < 4.78 is 10.6. The fourth-order valence-electron chi connectivity index (χ4n) is 2.43. The lowest BCUT2D eigenvalue weighted by Crippen LogP contribution is -2.10. The van der Waals surface area contributed by atoms with Crippen molar-refractivity contribution in [2.45, 2.75) is 18.8 Å². The molecule has 0 amide bonds. The van der Waals surface area contributed by atoms with Crippen LogP contribution in [0.2, 0.25) is 0 Å². The van der Waals surface area contributed by atoms with Crippen molar-refractivity contribution < 1.29 is 14.6 Å². The van der Waals surface area contributed by atoms with Crippen LogP contribution in [0.25, 0.3) is 0 Å². The zero-order chi connectivity index (χ0) is 16.9. The molecule has 1 heterocycles. The molecule has 3 rings (SSSR count). The number of nitrogens with zero attached hydrogens (tertiary/aromatic N) is 2. The van der Waals surface area contributed by atoms with Crippen LogP contribution in [-0.2, 0) is 0 Å². The highest BCUT2D eigenvalue weighted by molar-refractivity contribution is 5.62. The smallest absolute Gasteiger partial charge is 0.224 e. The first kappa shape index (κ1) is 16.3. The van der Waals surface area contributed by atoms with Crippen molar-refractivity contribution >= 4 is 17.5 Å². The maximum absolute atomic E-state index is 8.97. The van der Waals surface area contributed by atoms with E-state index in [1.54, 1.807) is 14.2 Å². The van der Waals surface area contributed by atoms with Crippen LogP contribution < -0.4 is 20.1 Å². The summed E-state index contributed by atoms with van der Waals surface area (Å²) >= 11 is 0. The van der Waals surface area contributed by atoms with E-state index in [2.05, 4.69) is 20.6 Å². The molecule has 1 aliphatic rings. The molecule has 0 unspecified atom stereocenters. The molecule has 1 saturated carbocycles. The van der Waals surface area contributed by atoms with Crippen LogP contribution in [0.3, 0.4) is 0 Å². The largest absolute Gasteiger partial charge is 0.493 e. The predicted octanol–water partition coefficient (Wildman–Crippen LogP) is 2.52. The van der Waals surface area contributed by atoms with Crippen molar-refractivity contribution in [3.8, 4) is 11.5 Å². The average Bonchev–Trinajstić information content (AvgIpc) is 3.44. The highest BCUT2D eigenvalue weighted by atomic mass is 16.5. The van der Waals surface area contributed by atoms with E-state index in [1.807, 2.05) is 24.3 Å². The molecule has 0 radical (unpaired) electrons. The van der Waals surface area contributed by atoms with Gasteiger partial charge in [-0.25, -0.2) is 4.98 Å². The highest BCUT2D eigenvalue weighted by Gasteiger charge is 2.26. The van der Waals surface area contributed by atoms with Crippen LogP contribution in [0, 0.1) is 0 Å². The van der Waals surface area contributed by atoms with E-state index < -0.39 is 0 Å². The van der Waals surface area contributed by atoms with Gasteiger partial charge < -0.3 is 25.2 Å². The third-order valence-electron chi connectivity index (χ3n) is 3.79. The van der Waals surface area contributed by atoms with Crippen molar-refractivity contribution in [1.29, 1.82) is 0 Å². The summed E-state index contributed by atoms with van der Waals surface area (Å²) in [7, 11) is 3.21. The molecule has 7 nitrogen and oxygen atoms in total. The first-order valence-electron chi connectivity index (χ1n) is 7.96. The van der Waals surface area contributed by atoms with Crippen molar-refractivity contribution in [3.63, 3.8) is 0 Å². The zero-order valence-electron chi connectivity index (χ0n) is 13.9. The first-order chi connectivity index (χ1) is 11.7. The number of aromatic nitrogens is 2. The van der Waals surface area contributed by atoms with Gasteiger partial charge in [0.25, 0.3) is 0 Å². The molecular formula is C17H22N4O3. The number of anilines is 3. The number of nitrogens with one attached hydrogen (secondary N) is 2. The number of methoxy groups -OCH3 is 2. The second-order valence-corrected chi connectivity index (χ2v) is 5.62. The molecule has 1 aliphatic carbocycles. The van der Waals surface area contributed by atoms with Crippen LogP contribution in [0.15, 0.2) is 24.3 Å². The van der Waals surface area contributed by atoms with Crippen LogP contribution in [0.5, 0.6) is 11.5 Å². The Bertz CT molecular complexity index is 704. The van der Waals surface area contributed by atoms with E-state index in [1.165, 1.54) is 0 Å². The summed E-state index contributed by atoms with van der Waals surface area (Å²) in [5.74, 6) is 3.07. The zero-order valence-corrected chi connectivity index (χ0v) is 13.9. The maximum atomic E-state index is 8.97. The molecule has 128 valence electrons. The molecule has 0 aliphatic heterocycles. The van der Waals surface area contributed by atoms with Crippen LogP contribution in [0.1, 0.15) is 24.5 Å². The van der Waals surface area contributed by atoms with Gasteiger partial charge in [0.1, 0.15) is 5.82 Å². The molecule has 1 aromatic heterocycles. The van der Waals surface area contributed by atoms with E-state index in [0.29, 0.717) is 35.7 Å². The average molecular weight is 330 g/mol. The Kier molecular flexibility index (Phi) is 5.00. The number of aliphatic hydroxyl groups is 1. The molecule has 1 aromatic carbocycles. The molecule has 2 aromatic rings. The minimum absolute atomic E-state index is 0.0372. The lowest BCUT2D eigenvalue weighted by atomic mass is 10.2. The van der Waals surface area contributed by atoms with E-state index in [4.69, 9.17) is 14.6 Å². The summed E-state index contributed by atoms with van der Waals surface area (Å²) in [6.45, 7) is 0.458. The second kappa shape index (κ2) is 7.35. The second-order valence-electron chi connectivity index (χ2n) is 5.62. The Hall–Kier alpha value is -2.54. The van der Waals surface area contributed by atoms with Gasteiger partial charge in [-0.05, 0) is 25.0 Å². The van der Waals surface area contributed by atoms with Crippen LogP contribution in [0.4, 0.5) is 17.5 Å². The Morgan fingerprint density at radius 1 is 1.12 bits per heavy atom. The SMILES string of the molecule is COc1ccc(Nc2cc(C3CC3)nc(NCCO)n2)cc1OC. The standard InChI is InChI=1S/C17H22N4O3/c1-23-14-6-5-12(9-15(14)24-2)19-16-10-13(11-3-4-11)20-17(21-16)18-7-8-22/h5-6,9-11,22H,3-4,7-8H2,1-2H3,(H2,18,19,20,21). The molecule has 0 saturated heterocycles. The van der Waals surface area contributed by atoms with Gasteiger partial charge in [0.2, 0.25) is 5.95 Å². The molecule has 24 heavy (non-hydrogen) atoms. The number of aliphatic hydroxyl groups excluding tert-OH is 1. The third kappa shape index (κ3) is 3.86. The number of rotatable bonds is 8. The quantitative estimate of drug-likeness (QED) is 0.685. The Balaban J connectivity index is 1.84. The molecular weight excluding hydrogens is 308 g/mol. The Morgan fingerprint density at radius 2 is 1.92 bits per heavy atom. The Labute approximate surface area is 141 Å². The number of hydrogen-bond acceptors (Lipinski definition) is 7. The van der Waals surface area contributed by atoms with Crippen molar-refractivity contribution in [2.75, 3.05) is 38.0 Å². The summed E-state index contributed by atoms with van der Waals surface area (Å²) in [6, 6.07) is 7.58. The van der Waals surface area contributed by atoms with E-state index in [9.17, 15) is 0 Å². The predicted molar refractivity (Wildman–Crippen MR) is 92.4 cm³/mol. The van der Waals surface area contributed by atoms with Gasteiger partial charge >= 0.3 is 0 Å². The minimum Gasteiger partial charge on any atom is -0.493 e. The molecule has 0 bridgehead atoms. The lowest BCUT2D eigenvalue weighted by Gasteiger charge is -2.13. The van der Waals surface area contributed by atoms with Gasteiger partial charge in [0, 0.05) is 30.3 Å². The van der Waals surface area contributed by atoms with Crippen LogP contribution >= 0.6 is 0 Å². The third-order valence-corrected chi connectivity index (χ3v) is 3.79. The van der Waals surface area contributed by atoms with Gasteiger partial charge in [-0.1, -0.05) is 0 Å². The lowest BCUT2D eigenvalue weighted by molar-refractivity contribution is 0.311. The maximum Gasteiger partial charge on any atom is 0.224 e. The van der Waals surface area contributed by atoms with Crippen molar-refractivity contribution in [1.82, 2.24) is 9.97 Å². The van der Waals surface area contributed by atoms with E-state index in [-0.39, 0.29) is 6.61 Å². The van der Waals surface area contributed by atoms with E-state index >= 15 is 0 Å². The molecule has 0 spiro atoms. The van der Waals surface area contributed by atoms with E-state index in [0.717, 1.165) is 24.2 Å². The van der Waals surface area contributed by atoms with Crippen molar-refractivity contribution in [2.24, 2.45) is 0 Å². The molecule has 3 N–H and O–H groups in total. The van der Waals surface area contributed by atoms with Crippen molar-refractivity contribution in [3.05, 3.63) is 30.0 Å². The fraction of sp³-hybridized carbons (Fsp3) is 0.412. The summed E-state index contributed by atoms with van der Waals surface area (Å²) in [6.07, 6.45) is 2.32. The summed E-state index contributed by atoms with van der Waals surface area (Å²) in [4.78, 5) is 8.98.